The van der Waals surface area contributed by atoms with Crippen LogP contribution in [0.3, 0.4) is 0 Å². The summed E-state index contributed by atoms with van der Waals surface area (Å²) in [5.41, 5.74) is 7.95. The normalized spacial score (nSPS) is 10.3. The van der Waals surface area contributed by atoms with Crippen LogP contribution in [0.4, 0.5) is 0 Å². The van der Waals surface area contributed by atoms with Crippen LogP contribution in [0.2, 0.25) is 0 Å². The van der Waals surface area contributed by atoms with Crippen LogP contribution in [0.25, 0.3) is 0 Å². The molecular formula is C15H20N2S. The minimum Gasteiger partial charge on any atom is -0.393 e. The number of hydrogen-bond acceptors (Lipinski definition) is 2. The van der Waals surface area contributed by atoms with Crippen LogP contribution in [-0.4, -0.2) is 23.0 Å². The lowest BCUT2D eigenvalue weighted by Gasteiger charge is -2.18. The summed E-state index contributed by atoms with van der Waals surface area (Å²) in [4.78, 5) is 2.80. The van der Waals surface area contributed by atoms with Gasteiger partial charge in [0.05, 0.1) is 4.99 Å². The highest BCUT2D eigenvalue weighted by Crippen LogP contribution is 2.08. The summed E-state index contributed by atoms with van der Waals surface area (Å²) in [5, 5.41) is 0. The van der Waals surface area contributed by atoms with E-state index in [0.717, 1.165) is 25.2 Å². The summed E-state index contributed by atoms with van der Waals surface area (Å²) in [7, 11) is 0. The summed E-state index contributed by atoms with van der Waals surface area (Å²) in [6.07, 6.45) is 4.48. The molecule has 0 aliphatic heterocycles. The molecule has 0 atom stereocenters. The Morgan fingerprint density at radius 2 is 1.61 bits per heavy atom. The van der Waals surface area contributed by atoms with Gasteiger partial charge < -0.3 is 5.73 Å². The van der Waals surface area contributed by atoms with E-state index in [1.165, 1.54) is 5.56 Å². The highest BCUT2D eigenvalue weighted by atomic mass is 32.1. The van der Waals surface area contributed by atoms with E-state index in [-0.39, 0.29) is 0 Å². The first kappa shape index (κ1) is 14.6. The Balaban J connectivity index is 2.63. The summed E-state index contributed by atoms with van der Waals surface area (Å²) < 4.78 is 0. The Morgan fingerprint density at radius 3 is 2.06 bits per heavy atom. The Hall–Kier alpha value is -1.45. The molecular weight excluding hydrogens is 240 g/mol. The summed E-state index contributed by atoms with van der Waals surface area (Å²) in [6.45, 7) is 10.2. The third-order valence-corrected chi connectivity index (χ3v) is 2.73. The molecule has 0 amide bonds. The summed E-state index contributed by atoms with van der Waals surface area (Å²) in [5.74, 6) is 0. The van der Waals surface area contributed by atoms with Crippen molar-refractivity contribution in [2.45, 2.75) is 13.0 Å². The maximum Gasteiger partial charge on any atom is 0.0771 e. The second-order valence-corrected chi connectivity index (χ2v) is 4.76. The van der Waals surface area contributed by atoms with Gasteiger partial charge >= 0.3 is 0 Å². The summed E-state index contributed by atoms with van der Waals surface area (Å²) >= 11 is 4.90. The van der Waals surface area contributed by atoms with Crippen molar-refractivity contribution in [3.63, 3.8) is 0 Å². The Morgan fingerprint density at radius 1 is 1.11 bits per heavy atom. The molecule has 0 heterocycles. The molecule has 0 unspecified atom stereocenters. The Bertz CT molecular complexity index is 399. The van der Waals surface area contributed by atoms with Gasteiger partial charge in [0.2, 0.25) is 0 Å². The molecule has 0 saturated carbocycles. The van der Waals surface area contributed by atoms with Gasteiger partial charge in [-0.2, -0.15) is 0 Å². The van der Waals surface area contributed by atoms with Crippen molar-refractivity contribution >= 4 is 17.2 Å². The van der Waals surface area contributed by atoms with Crippen LogP contribution < -0.4 is 5.73 Å². The molecule has 1 aromatic carbocycles. The van der Waals surface area contributed by atoms with Crippen molar-refractivity contribution in [2.24, 2.45) is 5.73 Å². The molecule has 96 valence electrons. The van der Waals surface area contributed by atoms with Crippen molar-refractivity contribution in [1.82, 2.24) is 4.90 Å². The third-order valence-electron chi connectivity index (χ3n) is 2.58. The third kappa shape index (κ3) is 5.25. The topological polar surface area (TPSA) is 29.3 Å². The SMILES string of the molecule is C=CCN(CC=C)Cc1ccc(CC(N)=S)cc1. The second kappa shape index (κ2) is 7.80. The number of thiocarbonyl (C=S) groups is 1. The monoisotopic (exact) mass is 260 g/mol. The van der Waals surface area contributed by atoms with Gasteiger partial charge in [-0.25, -0.2) is 0 Å². The van der Waals surface area contributed by atoms with Gasteiger partial charge in [-0.3, -0.25) is 4.90 Å². The number of rotatable bonds is 8. The van der Waals surface area contributed by atoms with Crippen LogP contribution >= 0.6 is 12.2 Å². The van der Waals surface area contributed by atoms with Crippen molar-refractivity contribution < 1.29 is 0 Å². The second-order valence-electron chi connectivity index (χ2n) is 4.23. The molecule has 0 saturated heterocycles. The van der Waals surface area contributed by atoms with Crippen molar-refractivity contribution in [3.8, 4) is 0 Å². The van der Waals surface area contributed by atoms with Crippen molar-refractivity contribution in [2.75, 3.05) is 13.1 Å². The van der Waals surface area contributed by atoms with Gasteiger partial charge in [0.25, 0.3) is 0 Å². The highest BCUT2D eigenvalue weighted by Gasteiger charge is 2.02. The molecule has 0 bridgehead atoms. The molecule has 2 nitrogen and oxygen atoms in total. The summed E-state index contributed by atoms with van der Waals surface area (Å²) in [6, 6.07) is 8.39. The van der Waals surface area contributed by atoms with E-state index in [9.17, 15) is 0 Å². The number of nitrogens with zero attached hydrogens (tertiary/aromatic N) is 1. The molecule has 0 aliphatic rings. The largest absolute Gasteiger partial charge is 0.393 e. The molecule has 1 aromatic rings. The van der Waals surface area contributed by atoms with Crippen molar-refractivity contribution in [1.29, 1.82) is 0 Å². The van der Waals surface area contributed by atoms with E-state index in [0.29, 0.717) is 11.4 Å². The lowest BCUT2D eigenvalue weighted by atomic mass is 10.1. The Labute approximate surface area is 115 Å². The first-order valence-corrected chi connectivity index (χ1v) is 6.36. The molecule has 1 rings (SSSR count). The maximum atomic E-state index is 5.52. The van der Waals surface area contributed by atoms with Crippen LogP contribution in [0.15, 0.2) is 49.6 Å². The highest BCUT2D eigenvalue weighted by molar-refractivity contribution is 7.80. The first-order valence-electron chi connectivity index (χ1n) is 5.96. The average molecular weight is 260 g/mol. The maximum absolute atomic E-state index is 5.52. The smallest absolute Gasteiger partial charge is 0.0771 e. The van der Waals surface area contributed by atoms with E-state index in [1.54, 1.807) is 0 Å². The van der Waals surface area contributed by atoms with Gasteiger partial charge in [-0.05, 0) is 11.1 Å². The molecule has 0 fully saturated rings. The van der Waals surface area contributed by atoms with Gasteiger partial charge in [0, 0.05) is 26.1 Å². The van der Waals surface area contributed by atoms with E-state index in [1.807, 2.05) is 12.2 Å². The average Bonchev–Trinajstić information content (AvgIpc) is 2.31. The fourth-order valence-corrected chi connectivity index (χ4v) is 1.96. The van der Waals surface area contributed by atoms with Gasteiger partial charge in [0.1, 0.15) is 0 Å². The van der Waals surface area contributed by atoms with E-state index < -0.39 is 0 Å². The zero-order chi connectivity index (χ0) is 13.4. The van der Waals surface area contributed by atoms with Crippen LogP contribution in [0.1, 0.15) is 11.1 Å². The quantitative estimate of drug-likeness (QED) is 0.575. The predicted molar refractivity (Wildman–Crippen MR) is 82.6 cm³/mol. The molecule has 0 aliphatic carbocycles. The minimum absolute atomic E-state index is 0.530. The zero-order valence-corrected chi connectivity index (χ0v) is 11.5. The van der Waals surface area contributed by atoms with E-state index >= 15 is 0 Å². The Kier molecular flexibility index (Phi) is 6.33. The van der Waals surface area contributed by atoms with Gasteiger partial charge in [-0.15, -0.1) is 13.2 Å². The number of nitrogens with two attached hydrogens (primary N) is 1. The fraction of sp³-hybridized carbons (Fsp3) is 0.267. The molecule has 0 radical (unpaired) electrons. The van der Waals surface area contributed by atoms with Gasteiger partial charge in [-0.1, -0.05) is 48.6 Å². The molecule has 0 aromatic heterocycles. The van der Waals surface area contributed by atoms with Crippen LogP contribution in [0.5, 0.6) is 0 Å². The van der Waals surface area contributed by atoms with Crippen molar-refractivity contribution in [3.05, 3.63) is 60.7 Å². The zero-order valence-electron chi connectivity index (χ0n) is 10.6. The predicted octanol–water partition coefficient (Wildman–Crippen LogP) is 2.69. The minimum atomic E-state index is 0.530. The van der Waals surface area contributed by atoms with E-state index in [4.69, 9.17) is 18.0 Å². The molecule has 2 N–H and O–H groups in total. The molecule has 3 heteroatoms. The number of benzene rings is 1. The number of hydrogen-bond donors (Lipinski definition) is 1. The lowest BCUT2D eigenvalue weighted by Crippen LogP contribution is -2.23. The standard InChI is InChI=1S/C15H20N2S/c1-3-9-17(10-4-2)12-14-7-5-13(6-8-14)11-15(16)18/h3-8H,1-2,9-12H2,(H2,16,18). The molecule has 0 spiro atoms. The van der Waals surface area contributed by atoms with Crippen LogP contribution in [0, 0.1) is 0 Å². The fourth-order valence-electron chi connectivity index (χ4n) is 1.79. The van der Waals surface area contributed by atoms with Crippen LogP contribution in [-0.2, 0) is 13.0 Å². The molecule has 18 heavy (non-hydrogen) atoms. The lowest BCUT2D eigenvalue weighted by molar-refractivity contribution is 0.328. The van der Waals surface area contributed by atoms with Gasteiger partial charge in [0.15, 0.2) is 0 Å². The first-order chi connectivity index (χ1) is 8.65. The van der Waals surface area contributed by atoms with E-state index in [2.05, 4.69) is 42.3 Å².